The molecule has 4 nitrogen and oxygen atoms in total. The van der Waals surface area contributed by atoms with Crippen LogP contribution in [0.15, 0.2) is 48.5 Å². The van der Waals surface area contributed by atoms with Gasteiger partial charge in [-0.2, -0.15) is 0 Å². The standard InChI is InChI=1S/C24H31FN2O2/c1-5-18(4)26-24(29)22(6-2)27(16-20-9-7-17(3)8-10-20)23(28)15-19-11-13-21(25)14-12-19/h7-14,18,22H,5-6,15-16H2,1-4H3,(H,26,29)/t18-,22-/m0/s1. The summed E-state index contributed by atoms with van der Waals surface area (Å²) >= 11 is 0. The number of benzene rings is 2. The number of amides is 2. The molecule has 0 unspecified atom stereocenters. The highest BCUT2D eigenvalue weighted by Gasteiger charge is 2.29. The fourth-order valence-corrected chi connectivity index (χ4v) is 3.13. The average molecular weight is 399 g/mol. The van der Waals surface area contributed by atoms with Gasteiger partial charge < -0.3 is 10.2 Å². The van der Waals surface area contributed by atoms with Crippen LogP contribution in [0, 0.1) is 12.7 Å². The number of halogens is 1. The molecule has 2 aromatic carbocycles. The summed E-state index contributed by atoms with van der Waals surface area (Å²) in [4.78, 5) is 27.7. The van der Waals surface area contributed by atoms with Crippen LogP contribution in [0.2, 0.25) is 0 Å². The maximum absolute atomic E-state index is 13.2. The van der Waals surface area contributed by atoms with Gasteiger partial charge in [0.05, 0.1) is 6.42 Å². The lowest BCUT2D eigenvalue weighted by atomic mass is 10.1. The van der Waals surface area contributed by atoms with E-state index in [9.17, 15) is 14.0 Å². The highest BCUT2D eigenvalue weighted by atomic mass is 19.1. The lowest BCUT2D eigenvalue weighted by molar-refractivity contribution is -0.141. The number of hydrogen-bond donors (Lipinski definition) is 1. The van der Waals surface area contributed by atoms with Crippen LogP contribution < -0.4 is 5.32 Å². The van der Waals surface area contributed by atoms with Gasteiger partial charge in [0.1, 0.15) is 11.9 Å². The molecule has 156 valence electrons. The van der Waals surface area contributed by atoms with Gasteiger partial charge in [0.25, 0.3) is 0 Å². The highest BCUT2D eigenvalue weighted by molar-refractivity contribution is 5.88. The van der Waals surface area contributed by atoms with Crippen LogP contribution in [-0.4, -0.2) is 28.8 Å². The molecule has 0 aliphatic rings. The van der Waals surface area contributed by atoms with Gasteiger partial charge in [-0.15, -0.1) is 0 Å². The molecule has 0 aliphatic heterocycles. The van der Waals surface area contributed by atoms with Crippen molar-refractivity contribution in [3.63, 3.8) is 0 Å². The van der Waals surface area contributed by atoms with Crippen LogP contribution in [-0.2, 0) is 22.6 Å². The van der Waals surface area contributed by atoms with Gasteiger partial charge in [0.2, 0.25) is 11.8 Å². The number of aryl methyl sites for hydroxylation is 1. The van der Waals surface area contributed by atoms with Crippen molar-refractivity contribution >= 4 is 11.8 Å². The molecule has 0 saturated heterocycles. The van der Waals surface area contributed by atoms with Gasteiger partial charge in [-0.1, -0.05) is 55.8 Å². The molecule has 0 fully saturated rings. The summed E-state index contributed by atoms with van der Waals surface area (Å²) in [6, 6.07) is 13.4. The Balaban J connectivity index is 2.26. The second-order valence-corrected chi connectivity index (χ2v) is 7.55. The van der Waals surface area contributed by atoms with Crippen molar-refractivity contribution in [3.8, 4) is 0 Å². The van der Waals surface area contributed by atoms with Gasteiger partial charge >= 0.3 is 0 Å². The van der Waals surface area contributed by atoms with E-state index in [4.69, 9.17) is 0 Å². The minimum absolute atomic E-state index is 0.0463. The fraction of sp³-hybridized carbons (Fsp3) is 0.417. The third-order valence-corrected chi connectivity index (χ3v) is 5.13. The molecular formula is C24H31FN2O2. The Morgan fingerprint density at radius 2 is 1.55 bits per heavy atom. The van der Waals surface area contributed by atoms with Crippen molar-refractivity contribution in [2.45, 2.75) is 65.6 Å². The van der Waals surface area contributed by atoms with Crippen LogP contribution in [0.4, 0.5) is 4.39 Å². The van der Waals surface area contributed by atoms with E-state index in [1.54, 1.807) is 17.0 Å². The second-order valence-electron chi connectivity index (χ2n) is 7.55. The molecule has 0 bridgehead atoms. The molecule has 29 heavy (non-hydrogen) atoms. The van der Waals surface area contributed by atoms with Crippen LogP contribution in [0.25, 0.3) is 0 Å². The van der Waals surface area contributed by atoms with Crippen LogP contribution in [0.5, 0.6) is 0 Å². The first-order chi connectivity index (χ1) is 13.8. The first kappa shape index (κ1) is 22.6. The Morgan fingerprint density at radius 1 is 0.966 bits per heavy atom. The molecule has 0 heterocycles. The minimum Gasteiger partial charge on any atom is -0.352 e. The van der Waals surface area contributed by atoms with Gasteiger partial charge in [-0.3, -0.25) is 9.59 Å². The van der Waals surface area contributed by atoms with Crippen molar-refractivity contribution < 1.29 is 14.0 Å². The molecule has 5 heteroatoms. The Labute approximate surface area is 173 Å². The quantitative estimate of drug-likeness (QED) is 0.681. The van der Waals surface area contributed by atoms with Gasteiger partial charge in [-0.05, 0) is 49.9 Å². The summed E-state index contributed by atoms with van der Waals surface area (Å²) in [5.74, 6) is -0.623. The molecule has 0 spiro atoms. The molecule has 1 N–H and O–H groups in total. The van der Waals surface area contributed by atoms with E-state index in [1.165, 1.54) is 12.1 Å². The van der Waals surface area contributed by atoms with Crippen LogP contribution in [0.1, 0.15) is 50.3 Å². The highest BCUT2D eigenvalue weighted by Crippen LogP contribution is 2.16. The zero-order valence-electron chi connectivity index (χ0n) is 17.7. The Kier molecular flexibility index (Phi) is 8.37. The zero-order chi connectivity index (χ0) is 21.4. The molecule has 2 aromatic rings. The zero-order valence-corrected chi connectivity index (χ0v) is 17.7. The first-order valence-electron chi connectivity index (χ1n) is 10.2. The van der Waals surface area contributed by atoms with Crippen LogP contribution in [0.3, 0.4) is 0 Å². The predicted molar refractivity (Wildman–Crippen MR) is 114 cm³/mol. The summed E-state index contributed by atoms with van der Waals surface area (Å²) in [7, 11) is 0. The summed E-state index contributed by atoms with van der Waals surface area (Å²) in [5, 5.41) is 3.00. The SMILES string of the molecule is CC[C@H](C)NC(=O)[C@H](CC)N(Cc1ccc(C)cc1)C(=O)Cc1ccc(F)cc1. The Morgan fingerprint density at radius 3 is 2.10 bits per heavy atom. The number of carbonyl (C=O) groups excluding carboxylic acids is 2. The maximum atomic E-state index is 13.2. The third-order valence-electron chi connectivity index (χ3n) is 5.13. The van der Waals surface area contributed by atoms with Gasteiger partial charge in [-0.25, -0.2) is 4.39 Å². The van der Waals surface area contributed by atoms with E-state index in [2.05, 4.69) is 5.32 Å². The first-order valence-corrected chi connectivity index (χ1v) is 10.2. The summed E-state index contributed by atoms with van der Waals surface area (Å²) in [6.45, 7) is 8.24. The Bertz CT molecular complexity index is 803. The Hall–Kier alpha value is -2.69. The summed E-state index contributed by atoms with van der Waals surface area (Å²) < 4.78 is 13.2. The molecule has 0 aliphatic carbocycles. The van der Waals surface area contributed by atoms with E-state index in [-0.39, 0.29) is 30.1 Å². The molecular weight excluding hydrogens is 367 g/mol. The van der Waals surface area contributed by atoms with E-state index in [0.29, 0.717) is 13.0 Å². The van der Waals surface area contributed by atoms with Crippen LogP contribution >= 0.6 is 0 Å². The number of nitrogens with zero attached hydrogens (tertiary/aromatic N) is 1. The summed E-state index contributed by atoms with van der Waals surface area (Å²) in [6.07, 6.45) is 1.46. The third kappa shape index (κ3) is 6.70. The van der Waals surface area contributed by atoms with E-state index < -0.39 is 6.04 Å². The van der Waals surface area contributed by atoms with Crippen molar-refractivity contribution in [1.29, 1.82) is 0 Å². The van der Waals surface area contributed by atoms with Gasteiger partial charge in [0, 0.05) is 12.6 Å². The number of hydrogen-bond acceptors (Lipinski definition) is 2. The van der Waals surface area contributed by atoms with E-state index in [0.717, 1.165) is 23.1 Å². The van der Waals surface area contributed by atoms with E-state index in [1.807, 2.05) is 52.0 Å². The maximum Gasteiger partial charge on any atom is 0.243 e. The van der Waals surface area contributed by atoms with Crippen molar-refractivity contribution in [2.75, 3.05) is 0 Å². The van der Waals surface area contributed by atoms with Crippen molar-refractivity contribution in [3.05, 3.63) is 71.0 Å². The second kappa shape index (κ2) is 10.7. The van der Waals surface area contributed by atoms with Crippen molar-refractivity contribution in [1.82, 2.24) is 10.2 Å². The molecule has 0 aromatic heterocycles. The number of nitrogens with one attached hydrogen (secondary N) is 1. The summed E-state index contributed by atoms with van der Waals surface area (Å²) in [5.41, 5.74) is 2.83. The molecule has 0 radical (unpaired) electrons. The largest absolute Gasteiger partial charge is 0.352 e. The molecule has 0 saturated carbocycles. The predicted octanol–water partition coefficient (Wildman–Crippen LogP) is 4.40. The smallest absolute Gasteiger partial charge is 0.243 e. The van der Waals surface area contributed by atoms with Crippen molar-refractivity contribution in [2.24, 2.45) is 0 Å². The monoisotopic (exact) mass is 398 g/mol. The normalized spacial score (nSPS) is 12.9. The van der Waals surface area contributed by atoms with Gasteiger partial charge in [0.15, 0.2) is 0 Å². The average Bonchev–Trinajstić information content (AvgIpc) is 2.70. The fourth-order valence-electron chi connectivity index (χ4n) is 3.13. The topological polar surface area (TPSA) is 49.4 Å². The molecule has 2 atom stereocenters. The minimum atomic E-state index is -0.557. The molecule has 2 amide bonds. The lowest BCUT2D eigenvalue weighted by Crippen LogP contribution is -2.51. The molecule has 2 rings (SSSR count). The number of rotatable bonds is 9. The lowest BCUT2D eigenvalue weighted by Gasteiger charge is -2.31. The van der Waals surface area contributed by atoms with E-state index >= 15 is 0 Å². The number of carbonyl (C=O) groups is 2.